The normalized spacial score (nSPS) is 30.6. The van der Waals surface area contributed by atoms with Gasteiger partial charge < -0.3 is 5.11 Å². The highest BCUT2D eigenvalue weighted by Gasteiger charge is 2.29. The molecule has 0 aromatic carbocycles. The molecule has 0 aromatic heterocycles. The third kappa shape index (κ3) is 2.60. The van der Waals surface area contributed by atoms with E-state index < -0.39 is 5.97 Å². The van der Waals surface area contributed by atoms with Crippen molar-refractivity contribution in [3.05, 3.63) is 0 Å². The van der Waals surface area contributed by atoms with Crippen LogP contribution in [-0.4, -0.2) is 27.8 Å². The van der Waals surface area contributed by atoms with Crippen molar-refractivity contribution in [1.29, 1.82) is 0 Å². The molecule has 0 spiro atoms. The summed E-state index contributed by atoms with van der Waals surface area (Å²) >= 11 is 5.69. The van der Waals surface area contributed by atoms with Crippen molar-refractivity contribution in [1.82, 2.24) is 0 Å². The molecule has 64 valence electrons. The number of carboxylic acids is 1. The summed E-state index contributed by atoms with van der Waals surface area (Å²) < 4.78 is 0. The molecule has 2 atom stereocenters. The van der Waals surface area contributed by atoms with Crippen LogP contribution >= 0.6 is 24.4 Å². The second kappa shape index (κ2) is 4.26. The average molecular weight is 192 g/mol. The fraction of sp³-hybridized carbons (Fsp3) is 0.857. The fourth-order valence-electron chi connectivity index (χ4n) is 1.25. The Kier molecular flexibility index (Phi) is 3.59. The van der Waals surface area contributed by atoms with Gasteiger partial charge in [-0.3, -0.25) is 4.79 Å². The summed E-state index contributed by atoms with van der Waals surface area (Å²) in [5.41, 5.74) is 0. The second-order valence-corrected chi connectivity index (χ2v) is 4.46. The molecular formula is C7H12O2S2. The third-order valence-electron chi connectivity index (χ3n) is 1.89. The van der Waals surface area contributed by atoms with Gasteiger partial charge >= 0.3 is 5.97 Å². The Balaban J connectivity index is 2.29. The molecule has 2 unspecified atom stereocenters. The lowest BCUT2D eigenvalue weighted by Gasteiger charge is -2.04. The molecule has 1 fully saturated rings. The Morgan fingerprint density at radius 1 is 1.73 bits per heavy atom. The van der Waals surface area contributed by atoms with Gasteiger partial charge in [-0.1, -0.05) is 0 Å². The van der Waals surface area contributed by atoms with E-state index in [2.05, 4.69) is 12.6 Å². The lowest BCUT2D eigenvalue weighted by molar-refractivity contribution is -0.136. The minimum atomic E-state index is -0.656. The van der Waals surface area contributed by atoms with Crippen LogP contribution in [0.4, 0.5) is 0 Å². The Hall–Kier alpha value is 0.170. The third-order valence-corrected chi connectivity index (χ3v) is 3.61. The number of carboxylic acid groups (broad SMARTS) is 1. The highest BCUT2D eigenvalue weighted by atomic mass is 32.2. The number of thiol groups is 1. The molecule has 1 saturated heterocycles. The topological polar surface area (TPSA) is 37.3 Å². The number of hydrogen-bond acceptors (Lipinski definition) is 3. The lowest BCUT2D eigenvalue weighted by Crippen LogP contribution is -2.13. The molecule has 0 aromatic rings. The van der Waals surface area contributed by atoms with Crippen molar-refractivity contribution in [3.8, 4) is 0 Å². The maximum absolute atomic E-state index is 10.5. The highest BCUT2D eigenvalue weighted by molar-refractivity contribution is 8.00. The molecule has 0 aliphatic carbocycles. The molecule has 0 radical (unpaired) electrons. The van der Waals surface area contributed by atoms with Gasteiger partial charge in [0.15, 0.2) is 0 Å². The predicted octanol–water partition coefficient (Wildman–Crippen LogP) is 1.51. The molecule has 4 heteroatoms. The van der Waals surface area contributed by atoms with Crippen LogP contribution in [0.25, 0.3) is 0 Å². The van der Waals surface area contributed by atoms with E-state index in [4.69, 9.17) is 5.11 Å². The number of carbonyl (C=O) groups is 1. The fourth-order valence-corrected chi connectivity index (χ4v) is 2.97. The van der Waals surface area contributed by atoms with Crippen LogP contribution in [0.2, 0.25) is 0 Å². The molecule has 0 bridgehead atoms. The number of aliphatic carboxylic acids is 1. The standard InChI is InChI=1S/C7H12O2S2/c8-7(9)6-3-5(1-2-10)4-11-6/h5-6,10H,1-4H2,(H,8,9). The number of hydrogen-bond donors (Lipinski definition) is 2. The Morgan fingerprint density at radius 2 is 2.45 bits per heavy atom. The summed E-state index contributed by atoms with van der Waals surface area (Å²) in [5.74, 6) is 1.80. The van der Waals surface area contributed by atoms with E-state index in [1.807, 2.05) is 0 Å². The van der Waals surface area contributed by atoms with E-state index in [9.17, 15) is 4.79 Å². The Bertz CT molecular complexity index is 149. The van der Waals surface area contributed by atoms with Crippen molar-refractivity contribution >= 4 is 30.4 Å². The van der Waals surface area contributed by atoms with Gasteiger partial charge in [-0.25, -0.2) is 0 Å². The first-order valence-corrected chi connectivity index (χ1v) is 5.37. The molecule has 1 rings (SSSR count). The monoisotopic (exact) mass is 192 g/mol. The SMILES string of the molecule is O=C(O)C1CC(CCS)CS1. The molecule has 1 aliphatic rings. The first-order valence-electron chi connectivity index (χ1n) is 3.69. The van der Waals surface area contributed by atoms with Crippen LogP contribution in [0.3, 0.4) is 0 Å². The van der Waals surface area contributed by atoms with Crippen LogP contribution in [0.15, 0.2) is 0 Å². The lowest BCUT2D eigenvalue weighted by atomic mass is 10.0. The van der Waals surface area contributed by atoms with Crippen molar-refractivity contribution in [2.24, 2.45) is 5.92 Å². The Morgan fingerprint density at radius 3 is 2.91 bits per heavy atom. The number of thioether (sulfide) groups is 1. The van der Waals surface area contributed by atoms with Crippen LogP contribution in [0, 0.1) is 5.92 Å². The van der Waals surface area contributed by atoms with Gasteiger partial charge in [0.05, 0.1) is 0 Å². The van der Waals surface area contributed by atoms with Gasteiger partial charge in [-0.15, -0.1) is 11.8 Å². The maximum Gasteiger partial charge on any atom is 0.316 e. The molecule has 11 heavy (non-hydrogen) atoms. The van der Waals surface area contributed by atoms with Crippen molar-refractivity contribution in [2.75, 3.05) is 11.5 Å². The van der Waals surface area contributed by atoms with E-state index >= 15 is 0 Å². The van der Waals surface area contributed by atoms with Crippen LogP contribution in [-0.2, 0) is 4.79 Å². The quantitative estimate of drug-likeness (QED) is 0.666. The van der Waals surface area contributed by atoms with E-state index in [0.29, 0.717) is 5.92 Å². The molecule has 1 heterocycles. The highest BCUT2D eigenvalue weighted by Crippen LogP contribution is 2.33. The molecule has 0 amide bonds. The summed E-state index contributed by atoms with van der Waals surface area (Å²) in [4.78, 5) is 10.5. The molecule has 0 saturated carbocycles. The first-order chi connectivity index (χ1) is 5.24. The Labute approximate surface area is 76.2 Å². The minimum Gasteiger partial charge on any atom is -0.480 e. The van der Waals surface area contributed by atoms with Crippen LogP contribution in [0.5, 0.6) is 0 Å². The molecular weight excluding hydrogens is 180 g/mol. The van der Waals surface area contributed by atoms with Gasteiger partial charge in [0.1, 0.15) is 5.25 Å². The second-order valence-electron chi connectivity index (χ2n) is 2.77. The summed E-state index contributed by atoms with van der Waals surface area (Å²) in [7, 11) is 0. The van der Waals surface area contributed by atoms with Gasteiger partial charge in [-0.2, -0.15) is 12.6 Å². The van der Waals surface area contributed by atoms with Crippen molar-refractivity contribution in [3.63, 3.8) is 0 Å². The number of rotatable bonds is 3. The predicted molar refractivity (Wildman–Crippen MR) is 50.5 cm³/mol. The first kappa shape index (κ1) is 9.26. The van der Waals surface area contributed by atoms with Gasteiger partial charge in [0.2, 0.25) is 0 Å². The van der Waals surface area contributed by atoms with E-state index in [-0.39, 0.29) is 5.25 Å². The zero-order chi connectivity index (χ0) is 8.27. The van der Waals surface area contributed by atoms with Crippen LogP contribution in [0.1, 0.15) is 12.8 Å². The average Bonchev–Trinajstić information content (AvgIpc) is 2.37. The summed E-state index contributed by atoms with van der Waals surface area (Å²) in [6, 6.07) is 0. The minimum absolute atomic E-state index is 0.153. The molecule has 1 aliphatic heterocycles. The van der Waals surface area contributed by atoms with Gasteiger partial charge in [-0.05, 0) is 30.3 Å². The van der Waals surface area contributed by atoms with E-state index in [1.54, 1.807) is 11.8 Å². The van der Waals surface area contributed by atoms with Gasteiger partial charge in [0, 0.05) is 0 Å². The van der Waals surface area contributed by atoms with Gasteiger partial charge in [0.25, 0.3) is 0 Å². The summed E-state index contributed by atoms with van der Waals surface area (Å²) in [6.07, 6.45) is 1.89. The zero-order valence-electron chi connectivity index (χ0n) is 6.19. The zero-order valence-corrected chi connectivity index (χ0v) is 7.90. The van der Waals surface area contributed by atoms with Crippen LogP contribution < -0.4 is 0 Å². The largest absolute Gasteiger partial charge is 0.480 e. The summed E-state index contributed by atoms with van der Waals surface area (Å²) in [5, 5.41) is 8.51. The van der Waals surface area contributed by atoms with Crippen molar-refractivity contribution < 1.29 is 9.90 Å². The molecule has 2 nitrogen and oxygen atoms in total. The maximum atomic E-state index is 10.5. The molecule has 1 N–H and O–H groups in total. The van der Waals surface area contributed by atoms with E-state index in [1.165, 1.54) is 0 Å². The van der Waals surface area contributed by atoms with E-state index in [0.717, 1.165) is 24.3 Å². The van der Waals surface area contributed by atoms with Crippen molar-refractivity contribution in [2.45, 2.75) is 18.1 Å². The summed E-state index contributed by atoms with van der Waals surface area (Å²) in [6.45, 7) is 0. The smallest absolute Gasteiger partial charge is 0.316 e.